The lowest BCUT2D eigenvalue weighted by atomic mass is 10.1. The van der Waals surface area contributed by atoms with Crippen LogP contribution >= 0.6 is 0 Å². The van der Waals surface area contributed by atoms with Crippen molar-refractivity contribution in [2.75, 3.05) is 13.1 Å². The molecule has 3 N–H and O–H groups in total. The summed E-state index contributed by atoms with van der Waals surface area (Å²) in [5, 5.41) is 9.98. The molecule has 2 aromatic carbocycles. The van der Waals surface area contributed by atoms with Crippen LogP contribution in [0.3, 0.4) is 0 Å². The fourth-order valence-electron chi connectivity index (χ4n) is 4.82. The lowest BCUT2D eigenvalue weighted by molar-refractivity contribution is -0.138. The number of nitrogens with one attached hydrogen (secondary N) is 3. The molecule has 1 aliphatic carbocycles. The SMILES string of the molecule is C.Cc1cc(-c2ncn(/C=C\C(=O)NN3CC(C)C3)n2)cc(C(F)(F)F)c1.Cc1cc(-c2ncn(/C=C\C(=O)NNC3CC3)n2)cc(C(F)(F)F)c1. The van der Waals surface area contributed by atoms with Crippen LogP contribution in [0.15, 0.2) is 61.2 Å². The van der Waals surface area contributed by atoms with Crippen LogP contribution in [0.5, 0.6) is 0 Å². The summed E-state index contributed by atoms with van der Waals surface area (Å²) in [5.41, 5.74) is 8.03. The second kappa shape index (κ2) is 16.3. The number of carbonyl (C=O) groups is 2. The highest BCUT2D eigenvalue weighted by molar-refractivity contribution is 5.90. The minimum atomic E-state index is -4.43. The van der Waals surface area contributed by atoms with E-state index in [2.05, 4.69) is 43.4 Å². The first-order valence-corrected chi connectivity index (χ1v) is 15.7. The van der Waals surface area contributed by atoms with Gasteiger partial charge in [0.15, 0.2) is 11.6 Å². The van der Waals surface area contributed by atoms with E-state index in [4.69, 9.17) is 0 Å². The third-order valence-electron chi connectivity index (χ3n) is 7.41. The van der Waals surface area contributed by atoms with E-state index in [0.717, 1.165) is 50.2 Å². The number of hydrazine groups is 2. The molecule has 0 atom stereocenters. The van der Waals surface area contributed by atoms with E-state index >= 15 is 0 Å². The van der Waals surface area contributed by atoms with Gasteiger partial charge in [-0.05, 0) is 80.1 Å². The average Bonchev–Trinajstić information content (AvgIpc) is 3.53. The van der Waals surface area contributed by atoms with E-state index < -0.39 is 23.5 Å². The van der Waals surface area contributed by atoms with Crippen LogP contribution in [0.1, 0.15) is 49.4 Å². The van der Waals surface area contributed by atoms with Crippen molar-refractivity contribution in [2.24, 2.45) is 5.92 Å². The van der Waals surface area contributed by atoms with E-state index in [-0.39, 0.29) is 42.0 Å². The number of amides is 2. The second-order valence-corrected chi connectivity index (χ2v) is 12.3. The number of alkyl halides is 6. The number of rotatable bonds is 9. The molecular weight excluding hydrogens is 694 g/mol. The van der Waals surface area contributed by atoms with Crippen molar-refractivity contribution in [3.63, 3.8) is 0 Å². The lowest BCUT2D eigenvalue weighted by Crippen LogP contribution is -2.54. The Kier molecular flexibility index (Phi) is 12.4. The van der Waals surface area contributed by atoms with Crippen LogP contribution in [-0.4, -0.2) is 65.5 Å². The predicted octanol–water partition coefficient (Wildman–Crippen LogP) is 5.89. The van der Waals surface area contributed by atoms with Crippen molar-refractivity contribution >= 4 is 24.2 Å². The molecule has 12 nitrogen and oxygen atoms in total. The highest BCUT2D eigenvalue weighted by Crippen LogP contribution is 2.33. The van der Waals surface area contributed by atoms with Gasteiger partial charge in [0, 0.05) is 54.8 Å². The number of carbonyl (C=O) groups excluding carboxylic acids is 2. The number of benzene rings is 2. The third-order valence-corrected chi connectivity index (χ3v) is 7.41. The molecule has 2 fully saturated rings. The van der Waals surface area contributed by atoms with Gasteiger partial charge in [-0.1, -0.05) is 14.4 Å². The molecule has 2 amide bonds. The molecule has 2 aromatic heterocycles. The van der Waals surface area contributed by atoms with Crippen molar-refractivity contribution in [1.82, 2.24) is 50.8 Å². The van der Waals surface area contributed by atoms with Crippen molar-refractivity contribution in [3.8, 4) is 22.8 Å². The van der Waals surface area contributed by atoms with Crippen LogP contribution in [0.4, 0.5) is 26.3 Å². The zero-order chi connectivity index (χ0) is 36.9. The summed E-state index contributed by atoms with van der Waals surface area (Å²) >= 11 is 0. The van der Waals surface area contributed by atoms with Crippen molar-refractivity contribution < 1.29 is 35.9 Å². The number of halogens is 6. The fourth-order valence-corrected chi connectivity index (χ4v) is 4.82. The fraction of sp³-hybridized carbons (Fsp3) is 0.353. The topological polar surface area (TPSA) is 135 Å². The largest absolute Gasteiger partial charge is 0.416 e. The summed E-state index contributed by atoms with van der Waals surface area (Å²) in [7, 11) is 0. The Morgan fingerprint density at radius 3 is 1.63 bits per heavy atom. The van der Waals surface area contributed by atoms with Crippen LogP contribution in [-0.2, 0) is 21.9 Å². The molecule has 0 bridgehead atoms. The molecular formula is C34H38F6N10O2. The van der Waals surface area contributed by atoms with Gasteiger partial charge in [0.25, 0.3) is 11.8 Å². The molecule has 3 heterocycles. The molecule has 0 unspecified atom stereocenters. The van der Waals surface area contributed by atoms with Crippen molar-refractivity contribution in [2.45, 2.75) is 59.4 Å². The Balaban J connectivity index is 0.000000228. The Hall–Kier alpha value is -5.36. The maximum atomic E-state index is 12.9. The molecule has 2 aliphatic rings. The Bertz CT molecular complexity index is 1920. The van der Waals surface area contributed by atoms with Gasteiger partial charge in [0.05, 0.1) is 11.1 Å². The number of aromatic nitrogens is 6. The molecule has 1 aliphatic heterocycles. The van der Waals surface area contributed by atoms with E-state index in [1.807, 2.05) is 0 Å². The van der Waals surface area contributed by atoms with Gasteiger partial charge in [-0.15, -0.1) is 10.2 Å². The summed E-state index contributed by atoms with van der Waals surface area (Å²) in [5.74, 6) is 0.215. The number of hydrogen-bond donors (Lipinski definition) is 3. The molecule has 4 aromatic rings. The van der Waals surface area contributed by atoms with E-state index in [1.165, 1.54) is 46.6 Å². The summed E-state index contributed by atoms with van der Waals surface area (Å²) in [4.78, 5) is 31.4. The van der Waals surface area contributed by atoms with Gasteiger partial charge in [-0.2, -0.15) is 26.3 Å². The van der Waals surface area contributed by atoms with Gasteiger partial charge in [-0.3, -0.25) is 20.4 Å². The van der Waals surface area contributed by atoms with Crippen LogP contribution < -0.4 is 16.3 Å². The first-order valence-electron chi connectivity index (χ1n) is 15.7. The number of nitrogens with zero attached hydrogens (tertiary/aromatic N) is 7. The molecule has 1 saturated carbocycles. The minimum absolute atomic E-state index is 0. The van der Waals surface area contributed by atoms with Crippen molar-refractivity contribution in [3.05, 3.63) is 83.5 Å². The van der Waals surface area contributed by atoms with Gasteiger partial charge in [-0.25, -0.2) is 29.8 Å². The van der Waals surface area contributed by atoms with E-state index in [9.17, 15) is 35.9 Å². The van der Waals surface area contributed by atoms with Crippen molar-refractivity contribution in [1.29, 1.82) is 0 Å². The molecule has 18 heteroatoms. The molecule has 1 saturated heterocycles. The van der Waals surface area contributed by atoms with E-state index in [1.54, 1.807) is 31.0 Å². The molecule has 6 rings (SSSR count). The van der Waals surface area contributed by atoms with Crippen LogP contribution in [0, 0.1) is 19.8 Å². The van der Waals surface area contributed by atoms with Gasteiger partial charge in [0.2, 0.25) is 0 Å². The molecule has 0 radical (unpaired) electrons. The summed E-state index contributed by atoms with van der Waals surface area (Å²) in [6.45, 7) is 6.86. The van der Waals surface area contributed by atoms with Gasteiger partial charge in [0.1, 0.15) is 12.7 Å². The first kappa shape index (κ1) is 39.4. The first-order chi connectivity index (χ1) is 24.0. The zero-order valence-electron chi connectivity index (χ0n) is 27.6. The lowest BCUT2D eigenvalue weighted by Gasteiger charge is -2.36. The van der Waals surface area contributed by atoms with E-state index in [0.29, 0.717) is 23.1 Å². The standard InChI is InChI=1S/C17H18F3N5O.C16H16F3N5O.CH4/c1-11-5-13(7-14(6-11)17(18,19)20)16-21-10-24(23-16)4-3-15(26)22-25-8-12(2)9-25;1-10-6-11(8-12(7-10)16(17,18)19)15-20-9-24(23-15)5-4-14(25)22-21-13-2-3-13;/h3-7,10,12H,8-9H2,1-2H3,(H,22,26);4-9,13,21H,2-3H2,1H3,(H,22,25);1H4/b4-3-;5-4-;. The number of aryl methyl sites for hydroxylation is 2. The Labute approximate surface area is 295 Å². The molecule has 52 heavy (non-hydrogen) atoms. The maximum Gasteiger partial charge on any atom is 0.416 e. The predicted molar refractivity (Wildman–Crippen MR) is 181 cm³/mol. The molecule has 278 valence electrons. The van der Waals surface area contributed by atoms with Gasteiger partial charge >= 0.3 is 12.4 Å². The minimum Gasteiger partial charge on any atom is -0.288 e. The third kappa shape index (κ3) is 11.3. The van der Waals surface area contributed by atoms with Gasteiger partial charge < -0.3 is 0 Å². The molecule has 0 spiro atoms. The number of hydrogen-bond acceptors (Lipinski definition) is 8. The Morgan fingerprint density at radius 1 is 0.750 bits per heavy atom. The Morgan fingerprint density at radius 2 is 1.21 bits per heavy atom. The summed E-state index contributed by atoms with van der Waals surface area (Å²) in [6.07, 6.45) is 1.18. The second-order valence-electron chi connectivity index (χ2n) is 12.3. The summed E-state index contributed by atoms with van der Waals surface area (Å²) < 4.78 is 80.1. The average molecular weight is 733 g/mol. The monoisotopic (exact) mass is 732 g/mol. The van der Waals surface area contributed by atoms with Crippen LogP contribution in [0.25, 0.3) is 35.2 Å². The highest BCUT2D eigenvalue weighted by atomic mass is 19.4. The quantitative estimate of drug-likeness (QED) is 0.110. The zero-order valence-corrected chi connectivity index (χ0v) is 27.6. The summed E-state index contributed by atoms with van der Waals surface area (Å²) in [6, 6.07) is 7.64. The smallest absolute Gasteiger partial charge is 0.288 e. The maximum absolute atomic E-state index is 12.9. The van der Waals surface area contributed by atoms with Crippen LogP contribution in [0.2, 0.25) is 0 Å². The highest BCUT2D eigenvalue weighted by Gasteiger charge is 2.32. The normalized spacial score (nSPS) is 15.2.